The van der Waals surface area contributed by atoms with E-state index in [0.29, 0.717) is 17.6 Å². The minimum absolute atomic E-state index is 0.335. The highest BCUT2D eigenvalue weighted by atomic mass is 16.6. The first-order valence-electron chi connectivity index (χ1n) is 10.2. The maximum Gasteiger partial charge on any atom is 0.338 e. The summed E-state index contributed by atoms with van der Waals surface area (Å²) in [6, 6.07) is 7.54. The predicted molar refractivity (Wildman–Crippen MR) is 112 cm³/mol. The number of hydrogen-bond donors (Lipinski definition) is 1. The molecule has 0 bridgehead atoms. The van der Waals surface area contributed by atoms with E-state index in [4.69, 9.17) is 9.72 Å². The third-order valence-corrected chi connectivity index (χ3v) is 5.03. The van der Waals surface area contributed by atoms with E-state index in [2.05, 4.69) is 15.4 Å². The van der Waals surface area contributed by atoms with Crippen molar-refractivity contribution in [3.8, 4) is 0 Å². The van der Waals surface area contributed by atoms with E-state index < -0.39 is 5.60 Å². The van der Waals surface area contributed by atoms with Crippen LogP contribution in [0.1, 0.15) is 69.3 Å². The quantitative estimate of drug-likeness (QED) is 0.626. The van der Waals surface area contributed by atoms with E-state index in [1.807, 2.05) is 43.8 Å². The molecule has 29 heavy (non-hydrogen) atoms. The highest BCUT2D eigenvalue weighted by Gasteiger charge is 2.20. The summed E-state index contributed by atoms with van der Waals surface area (Å²) in [5, 5.41) is 8.72. The third kappa shape index (κ3) is 4.55. The third-order valence-electron chi connectivity index (χ3n) is 5.03. The van der Waals surface area contributed by atoms with Gasteiger partial charge in [-0.1, -0.05) is 19.3 Å². The fraction of sp³-hybridized carbons (Fsp3) is 0.455. The van der Waals surface area contributed by atoms with Crippen LogP contribution >= 0.6 is 0 Å². The van der Waals surface area contributed by atoms with Crippen molar-refractivity contribution < 1.29 is 9.53 Å². The number of rotatable bonds is 4. The number of carbonyl (C=O) groups excluding carboxylic acids is 1. The zero-order valence-corrected chi connectivity index (χ0v) is 17.2. The van der Waals surface area contributed by atoms with Gasteiger partial charge >= 0.3 is 5.97 Å². The van der Waals surface area contributed by atoms with E-state index in [9.17, 15) is 4.79 Å². The van der Waals surface area contributed by atoms with Gasteiger partial charge in [0.15, 0.2) is 5.65 Å². The van der Waals surface area contributed by atoms with Crippen molar-refractivity contribution >= 4 is 28.6 Å². The Labute approximate surface area is 170 Å². The van der Waals surface area contributed by atoms with Crippen molar-refractivity contribution in [1.29, 1.82) is 0 Å². The summed E-state index contributed by atoms with van der Waals surface area (Å²) in [4.78, 5) is 21.3. The lowest BCUT2D eigenvalue weighted by atomic mass is 9.96. The number of anilines is 2. The number of fused-ring (bicyclic) bond motifs is 1. The Bertz CT molecular complexity index is 998. The maximum absolute atomic E-state index is 12.2. The van der Waals surface area contributed by atoms with Gasteiger partial charge in [0.25, 0.3) is 0 Å². The van der Waals surface area contributed by atoms with Crippen LogP contribution in [-0.4, -0.2) is 31.3 Å². The van der Waals surface area contributed by atoms with Gasteiger partial charge in [-0.25, -0.2) is 14.5 Å². The zero-order valence-electron chi connectivity index (χ0n) is 17.2. The fourth-order valence-electron chi connectivity index (χ4n) is 3.64. The Morgan fingerprint density at radius 2 is 1.83 bits per heavy atom. The summed E-state index contributed by atoms with van der Waals surface area (Å²) in [6.45, 7) is 5.56. The summed E-state index contributed by atoms with van der Waals surface area (Å²) >= 11 is 0. The molecular weight excluding hydrogens is 366 g/mol. The molecule has 4 rings (SSSR count). The Kier molecular flexibility index (Phi) is 5.22. The molecule has 1 N–H and O–H groups in total. The van der Waals surface area contributed by atoms with Crippen LogP contribution in [0.3, 0.4) is 0 Å². The molecule has 0 spiro atoms. The first-order valence-corrected chi connectivity index (χ1v) is 10.2. The second kappa shape index (κ2) is 7.81. The molecule has 1 aliphatic carbocycles. The van der Waals surface area contributed by atoms with E-state index >= 15 is 0 Å². The van der Waals surface area contributed by atoms with Crippen LogP contribution in [0.4, 0.5) is 11.6 Å². The van der Waals surface area contributed by atoms with E-state index in [0.717, 1.165) is 29.6 Å². The number of carbonyl (C=O) groups is 1. The molecule has 152 valence electrons. The number of benzene rings is 1. The van der Waals surface area contributed by atoms with Gasteiger partial charge in [-0.15, -0.1) is 0 Å². The molecule has 7 heteroatoms. The molecule has 1 fully saturated rings. The van der Waals surface area contributed by atoms with Gasteiger partial charge in [-0.2, -0.15) is 10.1 Å². The van der Waals surface area contributed by atoms with Crippen molar-refractivity contribution in [2.75, 3.05) is 5.32 Å². The lowest BCUT2D eigenvalue weighted by Crippen LogP contribution is -2.23. The molecule has 1 aromatic carbocycles. The van der Waals surface area contributed by atoms with Gasteiger partial charge in [0.1, 0.15) is 5.60 Å². The molecule has 2 heterocycles. The van der Waals surface area contributed by atoms with Crippen LogP contribution in [0.15, 0.2) is 36.7 Å². The Hall–Kier alpha value is -2.96. The Morgan fingerprint density at radius 3 is 2.52 bits per heavy atom. The molecule has 0 amide bonds. The standard InChI is InChI=1S/C22H27N5O2/c1-22(2,3)29-20(28)15-9-11-17(12-10-15)25-21-23-13-16-14-24-27(19(16)26-21)18-7-5-4-6-8-18/h9-14,18H,4-8H2,1-3H3,(H,23,25,26). The van der Waals surface area contributed by atoms with Crippen LogP contribution in [0, 0.1) is 0 Å². The molecule has 1 saturated carbocycles. The predicted octanol–water partition coefficient (Wildman–Crippen LogP) is 5.03. The lowest BCUT2D eigenvalue weighted by molar-refractivity contribution is 0.00696. The average molecular weight is 393 g/mol. The smallest absolute Gasteiger partial charge is 0.338 e. The van der Waals surface area contributed by atoms with Crippen LogP contribution in [0.5, 0.6) is 0 Å². The highest BCUT2D eigenvalue weighted by molar-refractivity contribution is 5.90. The maximum atomic E-state index is 12.2. The zero-order chi connectivity index (χ0) is 20.4. The fourth-order valence-corrected chi connectivity index (χ4v) is 3.64. The van der Waals surface area contributed by atoms with Gasteiger partial charge in [-0.3, -0.25) is 0 Å². The molecule has 0 atom stereocenters. The minimum atomic E-state index is -0.515. The number of nitrogens with zero attached hydrogens (tertiary/aromatic N) is 4. The number of hydrogen-bond acceptors (Lipinski definition) is 6. The number of nitrogens with one attached hydrogen (secondary N) is 1. The van der Waals surface area contributed by atoms with Crippen molar-refractivity contribution in [3.05, 3.63) is 42.2 Å². The SMILES string of the molecule is CC(C)(C)OC(=O)c1ccc(Nc2ncc3cnn(C4CCCCC4)c3n2)cc1. The Balaban J connectivity index is 1.51. The minimum Gasteiger partial charge on any atom is -0.456 e. The highest BCUT2D eigenvalue weighted by Crippen LogP contribution is 2.30. The largest absolute Gasteiger partial charge is 0.456 e. The summed E-state index contributed by atoms with van der Waals surface area (Å²) in [6.07, 6.45) is 9.72. The van der Waals surface area contributed by atoms with Crippen LogP contribution in [-0.2, 0) is 4.74 Å². The summed E-state index contributed by atoms with van der Waals surface area (Å²) in [5.41, 5.74) is 1.66. The van der Waals surface area contributed by atoms with E-state index in [-0.39, 0.29) is 5.97 Å². The molecular formula is C22H27N5O2. The van der Waals surface area contributed by atoms with E-state index in [1.165, 1.54) is 19.3 Å². The molecule has 2 aromatic heterocycles. The first-order chi connectivity index (χ1) is 13.9. The van der Waals surface area contributed by atoms with Gasteiger partial charge < -0.3 is 10.1 Å². The summed E-state index contributed by atoms with van der Waals surface area (Å²) in [5.74, 6) is 0.179. The van der Waals surface area contributed by atoms with Crippen LogP contribution in [0.25, 0.3) is 11.0 Å². The van der Waals surface area contributed by atoms with Gasteiger partial charge in [-0.05, 0) is 57.9 Å². The number of esters is 1. The number of ether oxygens (including phenoxy) is 1. The summed E-state index contributed by atoms with van der Waals surface area (Å²) < 4.78 is 7.45. The molecule has 0 aliphatic heterocycles. The normalized spacial score (nSPS) is 15.4. The molecule has 1 aliphatic rings. The first kappa shape index (κ1) is 19.4. The molecule has 7 nitrogen and oxygen atoms in total. The monoisotopic (exact) mass is 393 g/mol. The second-order valence-electron chi connectivity index (χ2n) is 8.56. The Morgan fingerprint density at radius 1 is 1.10 bits per heavy atom. The van der Waals surface area contributed by atoms with Crippen molar-refractivity contribution in [3.63, 3.8) is 0 Å². The molecule has 3 aromatic rings. The van der Waals surface area contributed by atoms with Crippen molar-refractivity contribution in [2.45, 2.75) is 64.5 Å². The van der Waals surface area contributed by atoms with Crippen LogP contribution < -0.4 is 5.32 Å². The molecule has 0 unspecified atom stereocenters. The van der Waals surface area contributed by atoms with E-state index in [1.54, 1.807) is 18.3 Å². The molecule has 0 radical (unpaired) electrons. The summed E-state index contributed by atoms with van der Waals surface area (Å²) in [7, 11) is 0. The van der Waals surface area contributed by atoms with Crippen LogP contribution in [0.2, 0.25) is 0 Å². The van der Waals surface area contributed by atoms with Gasteiger partial charge in [0.2, 0.25) is 5.95 Å². The number of aromatic nitrogens is 4. The van der Waals surface area contributed by atoms with Gasteiger partial charge in [0.05, 0.1) is 23.2 Å². The average Bonchev–Trinajstić information content (AvgIpc) is 3.11. The van der Waals surface area contributed by atoms with Crippen molar-refractivity contribution in [1.82, 2.24) is 19.7 Å². The topological polar surface area (TPSA) is 81.9 Å². The van der Waals surface area contributed by atoms with Gasteiger partial charge in [0, 0.05) is 11.9 Å². The lowest BCUT2D eigenvalue weighted by Gasteiger charge is -2.22. The molecule has 0 saturated heterocycles. The van der Waals surface area contributed by atoms with Crippen molar-refractivity contribution in [2.24, 2.45) is 0 Å². The second-order valence-corrected chi connectivity index (χ2v) is 8.56.